The minimum absolute atomic E-state index is 0.0154. The molecular weight excluding hydrogens is 360 g/mol. The van der Waals surface area contributed by atoms with Crippen molar-refractivity contribution in [3.05, 3.63) is 11.6 Å². The van der Waals surface area contributed by atoms with Crippen LogP contribution in [-0.4, -0.2) is 82.4 Å². The Hall–Kier alpha value is -1.28. The van der Waals surface area contributed by atoms with Crippen molar-refractivity contribution in [2.24, 2.45) is 5.92 Å². The molecule has 1 rings (SSSR count). The van der Waals surface area contributed by atoms with Crippen LogP contribution in [0.3, 0.4) is 0 Å². The van der Waals surface area contributed by atoms with E-state index >= 15 is 0 Å². The van der Waals surface area contributed by atoms with Gasteiger partial charge in [0.2, 0.25) is 0 Å². The quantitative estimate of drug-likeness (QED) is 0.234. The first kappa shape index (κ1) is 24.8. The van der Waals surface area contributed by atoms with Crippen LogP contribution in [0.15, 0.2) is 11.6 Å². The van der Waals surface area contributed by atoms with Crippen LogP contribution in [0.5, 0.6) is 0 Å². The van der Waals surface area contributed by atoms with Crippen molar-refractivity contribution in [1.82, 2.24) is 10.2 Å². The first-order valence-electron chi connectivity index (χ1n) is 10.2. The van der Waals surface area contributed by atoms with E-state index in [1.54, 1.807) is 27.4 Å². The number of ether oxygens (including phenoxy) is 3. The standard InChI is InChI=1S/C21H38N2O5/c1-7-23(8-2)11-9-10-22-21(25)17(15(3)24)12-16-13-18(26-4)20(28-6)19(14-16)27-5/h12,16,18-20H,7-11,13-14H2,1-6H3,(H,22,25)/b17-12-. The van der Waals surface area contributed by atoms with E-state index in [1.807, 2.05) is 0 Å². The largest absolute Gasteiger partial charge is 0.379 e. The van der Waals surface area contributed by atoms with Crippen molar-refractivity contribution < 1.29 is 23.8 Å². The fourth-order valence-electron chi connectivity index (χ4n) is 3.83. The van der Waals surface area contributed by atoms with E-state index in [-0.39, 0.29) is 41.5 Å². The molecule has 1 fully saturated rings. The van der Waals surface area contributed by atoms with Gasteiger partial charge in [-0.2, -0.15) is 0 Å². The summed E-state index contributed by atoms with van der Waals surface area (Å²) in [6.45, 7) is 9.15. The smallest absolute Gasteiger partial charge is 0.254 e. The number of allylic oxidation sites excluding steroid dienone is 1. The Morgan fingerprint density at radius 1 is 1.04 bits per heavy atom. The first-order chi connectivity index (χ1) is 13.4. The first-order valence-corrected chi connectivity index (χ1v) is 10.2. The summed E-state index contributed by atoms with van der Waals surface area (Å²) in [6.07, 6.45) is 3.56. The molecule has 1 N–H and O–H groups in total. The highest BCUT2D eigenvalue weighted by atomic mass is 16.6. The molecule has 0 radical (unpaired) electrons. The highest BCUT2D eigenvalue weighted by Gasteiger charge is 2.38. The lowest BCUT2D eigenvalue weighted by molar-refractivity contribution is -0.136. The third-order valence-electron chi connectivity index (χ3n) is 5.54. The summed E-state index contributed by atoms with van der Waals surface area (Å²) in [4.78, 5) is 27.0. The van der Waals surface area contributed by atoms with Crippen LogP contribution in [-0.2, 0) is 23.8 Å². The van der Waals surface area contributed by atoms with Gasteiger partial charge in [0.15, 0.2) is 5.78 Å². The number of carbonyl (C=O) groups excluding carboxylic acids is 2. The molecule has 1 aliphatic carbocycles. The molecular formula is C21H38N2O5. The van der Waals surface area contributed by atoms with Crippen molar-refractivity contribution >= 4 is 11.7 Å². The van der Waals surface area contributed by atoms with Gasteiger partial charge in [0.05, 0.1) is 17.8 Å². The van der Waals surface area contributed by atoms with Crippen LogP contribution < -0.4 is 5.32 Å². The lowest BCUT2D eigenvalue weighted by atomic mass is 9.81. The maximum atomic E-state index is 12.6. The van der Waals surface area contributed by atoms with Gasteiger partial charge >= 0.3 is 0 Å². The Morgan fingerprint density at radius 2 is 1.61 bits per heavy atom. The Bertz CT molecular complexity index is 505. The van der Waals surface area contributed by atoms with Crippen LogP contribution >= 0.6 is 0 Å². The number of nitrogens with zero attached hydrogens (tertiary/aromatic N) is 1. The van der Waals surface area contributed by atoms with Crippen LogP contribution in [0.4, 0.5) is 0 Å². The van der Waals surface area contributed by atoms with Crippen LogP contribution in [0, 0.1) is 5.92 Å². The molecule has 2 unspecified atom stereocenters. The number of nitrogens with one attached hydrogen (secondary N) is 1. The second-order valence-electron chi connectivity index (χ2n) is 7.25. The molecule has 1 aliphatic rings. The second kappa shape index (κ2) is 13.0. The number of Topliss-reactive ketones (excluding diaryl/α,β-unsaturated/α-hetero) is 1. The minimum atomic E-state index is -0.302. The predicted molar refractivity (Wildman–Crippen MR) is 109 cm³/mol. The minimum Gasteiger partial charge on any atom is -0.379 e. The van der Waals surface area contributed by atoms with Gasteiger partial charge in [-0.1, -0.05) is 19.9 Å². The third-order valence-corrected chi connectivity index (χ3v) is 5.54. The summed E-state index contributed by atoms with van der Waals surface area (Å²) in [5.41, 5.74) is 0.216. The van der Waals surface area contributed by atoms with E-state index in [0.717, 1.165) is 26.1 Å². The predicted octanol–water partition coefficient (Wildman–Crippen LogP) is 1.80. The van der Waals surface area contributed by atoms with Crippen molar-refractivity contribution in [3.63, 3.8) is 0 Å². The molecule has 0 aromatic heterocycles. The number of methoxy groups -OCH3 is 3. The highest BCUT2D eigenvalue weighted by Crippen LogP contribution is 2.31. The molecule has 0 saturated heterocycles. The third kappa shape index (κ3) is 7.28. The number of rotatable bonds is 12. The van der Waals surface area contributed by atoms with E-state index in [9.17, 15) is 9.59 Å². The Labute approximate surface area is 169 Å². The molecule has 0 aliphatic heterocycles. The van der Waals surface area contributed by atoms with Gasteiger partial charge in [0.25, 0.3) is 5.91 Å². The summed E-state index contributed by atoms with van der Waals surface area (Å²) in [5.74, 6) is -0.511. The van der Waals surface area contributed by atoms with Crippen LogP contribution in [0.1, 0.15) is 40.0 Å². The van der Waals surface area contributed by atoms with Crippen LogP contribution in [0.25, 0.3) is 0 Å². The summed E-state index contributed by atoms with van der Waals surface area (Å²) in [7, 11) is 4.93. The van der Waals surface area contributed by atoms with E-state index in [1.165, 1.54) is 6.92 Å². The van der Waals surface area contributed by atoms with Gasteiger partial charge in [0, 0.05) is 27.9 Å². The summed E-state index contributed by atoms with van der Waals surface area (Å²) >= 11 is 0. The lowest BCUT2D eigenvalue weighted by Gasteiger charge is -2.38. The highest BCUT2D eigenvalue weighted by molar-refractivity contribution is 6.18. The molecule has 7 nitrogen and oxygen atoms in total. The normalized spacial score (nSPS) is 25.8. The maximum Gasteiger partial charge on any atom is 0.254 e. The van der Waals surface area contributed by atoms with E-state index in [2.05, 4.69) is 24.1 Å². The van der Waals surface area contributed by atoms with Crippen LogP contribution in [0.2, 0.25) is 0 Å². The SMILES string of the molecule is CCN(CC)CCCNC(=O)/C(=C\C1CC(OC)C(OC)C(OC)C1)C(C)=O. The molecule has 1 amide bonds. The zero-order chi connectivity index (χ0) is 21.1. The molecule has 0 heterocycles. The zero-order valence-corrected chi connectivity index (χ0v) is 18.3. The number of hydrogen-bond acceptors (Lipinski definition) is 6. The van der Waals surface area contributed by atoms with E-state index < -0.39 is 0 Å². The van der Waals surface area contributed by atoms with Crippen molar-refractivity contribution in [3.8, 4) is 0 Å². The van der Waals surface area contributed by atoms with Gasteiger partial charge in [-0.25, -0.2) is 0 Å². The summed E-state index contributed by atoms with van der Waals surface area (Å²) < 4.78 is 16.6. The van der Waals surface area contributed by atoms with Gasteiger partial charge in [-0.15, -0.1) is 0 Å². The van der Waals surface area contributed by atoms with Gasteiger partial charge in [-0.05, 0) is 51.7 Å². The number of amides is 1. The van der Waals surface area contributed by atoms with Gasteiger partial charge in [0.1, 0.15) is 6.10 Å². The lowest BCUT2D eigenvalue weighted by Crippen LogP contribution is -2.47. The van der Waals surface area contributed by atoms with E-state index in [4.69, 9.17) is 14.2 Å². The monoisotopic (exact) mass is 398 g/mol. The van der Waals surface area contributed by atoms with Crippen molar-refractivity contribution in [1.29, 1.82) is 0 Å². The molecule has 0 aromatic rings. The molecule has 28 heavy (non-hydrogen) atoms. The molecule has 0 spiro atoms. The molecule has 162 valence electrons. The molecule has 7 heteroatoms. The van der Waals surface area contributed by atoms with Crippen molar-refractivity contribution in [2.75, 3.05) is 47.5 Å². The average molecular weight is 399 g/mol. The topological polar surface area (TPSA) is 77.1 Å². The Kier molecular flexibility index (Phi) is 11.5. The second-order valence-corrected chi connectivity index (χ2v) is 7.25. The molecule has 0 bridgehead atoms. The number of carbonyl (C=O) groups is 2. The summed E-state index contributed by atoms with van der Waals surface area (Å²) in [6, 6.07) is 0. The fourth-order valence-corrected chi connectivity index (χ4v) is 3.83. The van der Waals surface area contributed by atoms with E-state index in [0.29, 0.717) is 19.4 Å². The fraction of sp³-hybridized carbons (Fsp3) is 0.810. The average Bonchev–Trinajstić information content (AvgIpc) is 2.70. The van der Waals surface area contributed by atoms with Gasteiger partial charge < -0.3 is 24.4 Å². The number of hydrogen-bond donors (Lipinski definition) is 1. The summed E-state index contributed by atoms with van der Waals surface area (Å²) in [5, 5.41) is 2.89. The Balaban J connectivity index is 2.74. The maximum absolute atomic E-state index is 12.6. The molecule has 2 atom stereocenters. The molecule has 0 aromatic carbocycles. The van der Waals surface area contributed by atoms with Crippen molar-refractivity contribution in [2.45, 2.75) is 58.3 Å². The molecule has 1 saturated carbocycles. The number of ketones is 1. The Morgan fingerprint density at radius 3 is 2.04 bits per heavy atom. The van der Waals surface area contributed by atoms with Gasteiger partial charge in [-0.3, -0.25) is 9.59 Å². The zero-order valence-electron chi connectivity index (χ0n) is 18.3.